The van der Waals surface area contributed by atoms with Gasteiger partial charge >= 0.3 is 0 Å². The van der Waals surface area contributed by atoms with E-state index in [1.54, 1.807) is 12.1 Å². The normalized spacial score (nSPS) is 19.4. The monoisotopic (exact) mass is 268 g/mol. The van der Waals surface area contributed by atoms with Crippen LogP contribution in [0.25, 0.3) is 0 Å². The number of anilines is 1. The topological polar surface area (TPSA) is 58.2 Å². The molecule has 2 N–H and O–H groups in total. The lowest BCUT2D eigenvalue weighted by Gasteiger charge is -2.20. The molecule has 0 spiro atoms. The van der Waals surface area contributed by atoms with Gasteiger partial charge in [-0.2, -0.15) is 0 Å². The van der Waals surface area contributed by atoms with Gasteiger partial charge < -0.3 is 5.32 Å². The Balaban J connectivity index is 2.33. The van der Waals surface area contributed by atoms with E-state index >= 15 is 0 Å². The van der Waals surface area contributed by atoms with E-state index in [2.05, 4.69) is 17.0 Å². The summed E-state index contributed by atoms with van der Waals surface area (Å²) >= 11 is 0. The minimum absolute atomic E-state index is 0.340. The Morgan fingerprint density at radius 3 is 2.61 bits per heavy atom. The fourth-order valence-corrected chi connectivity index (χ4v) is 3.62. The molecule has 0 aromatic heterocycles. The van der Waals surface area contributed by atoms with E-state index in [-0.39, 0.29) is 0 Å². The molecule has 1 aliphatic rings. The summed E-state index contributed by atoms with van der Waals surface area (Å²) in [5.74, 6) is 0. The van der Waals surface area contributed by atoms with Gasteiger partial charge in [-0.15, -0.1) is 0 Å². The summed E-state index contributed by atoms with van der Waals surface area (Å²) in [6, 6.07) is 5.63. The van der Waals surface area contributed by atoms with Gasteiger partial charge in [0, 0.05) is 17.3 Å². The maximum absolute atomic E-state index is 12.2. The number of nitrogens with one attached hydrogen (secondary N) is 2. The van der Waals surface area contributed by atoms with E-state index in [0.29, 0.717) is 10.9 Å². The average molecular weight is 268 g/mol. The van der Waals surface area contributed by atoms with Gasteiger partial charge in [0.05, 0.1) is 4.90 Å². The fraction of sp³-hybridized carbons (Fsp3) is 0.538. The maximum atomic E-state index is 12.2. The van der Waals surface area contributed by atoms with Crippen molar-refractivity contribution in [3.63, 3.8) is 0 Å². The number of benzene rings is 1. The number of fused-ring (bicyclic) bond motifs is 1. The van der Waals surface area contributed by atoms with Gasteiger partial charge in [-0.3, -0.25) is 0 Å². The summed E-state index contributed by atoms with van der Waals surface area (Å²) in [7, 11) is -3.43. The zero-order valence-corrected chi connectivity index (χ0v) is 12.1. The van der Waals surface area contributed by atoms with Crippen molar-refractivity contribution >= 4 is 15.7 Å². The largest absolute Gasteiger partial charge is 0.382 e. The SMILES string of the molecule is CC1Cc2cc(S(=O)(=O)NC(C)(C)C)ccc2N1. The molecule has 1 heterocycles. The predicted octanol–water partition coefficient (Wildman–Crippen LogP) is 2.12. The molecule has 1 aromatic rings. The van der Waals surface area contributed by atoms with Crippen LogP contribution in [-0.2, 0) is 16.4 Å². The van der Waals surface area contributed by atoms with Gasteiger partial charge in [0.1, 0.15) is 0 Å². The van der Waals surface area contributed by atoms with Crippen LogP contribution >= 0.6 is 0 Å². The zero-order valence-electron chi connectivity index (χ0n) is 11.2. The molecule has 1 aromatic carbocycles. The molecule has 2 rings (SSSR count). The average Bonchev–Trinajstić information content (AvgIpc) is 2.52. The first kappa shape index (κ1) is 13.4. The third-order valence-corrected chi connectivity index (χ3v) is 4.51. The van der Waals surface area contributed by atoms with Gasteiger partial charge in [0.15, 0.2) is 0 Å². The third kappa shape index (κ3) is 2.84. The molecule has 0 saturated carbocycles. The summed E-state index contributed by atoms with van der Waals surface area (Å²) in [5, 5.41) is 3.31. The molecule has 18 heavy (non-hydrogen) atoms. The van der Waals surface area contributed by atoms with Crippen LogP contribution < -0.4 is 10.0 Å². The molecule has 0 radical (unpaired) electrons. The molecule has 4 nitrogen and oxygen atoms in total. The summed E-state index contributed by atoms with van der Waals surface area (Å²) in [6.07, 6.45) is 0.869. The highest BCUT2D eigenvalue weighted by atomic mass is 32.2. The van der Waals surface area contributed by atoms with Crippen molar-refractivity contribution in [1.29, 1.82) is 0 Å². The van der Waals surface area contributed by atoms with Gasteiger partial charge in [-0.1, -0.05) is 0 Å². The fourth-order valence-electron chi connectivity index (χ4n) is 2.16. The van der Waals surface area contributed by atoms with Crippen LogP contribution in [-0.4, -0.2) is 20.0 Å². The number of rotatable bonds is 2. The first-order valence-corrected chi connectivity index (χ1v) is 7.59. The Hall–Kier alpha value is -1.07. The van der Waals surface area contributed by atoms with E-state index in [1.807, 2.05) is 26.8 Å². The number of sulfonamides is 1. The molecular formula is C13H20N2O2S. The Labute approximate surface area is 109 Å². The Morgan fingerprint density at radius 1 is 1.33 bits per heavy atom. The van der Waals surface area contributed by atoms with Crippen molar-refractivity contribution in [3.8, 4) is 0 Å². The molecule has 1 unspecified atom stereocenters. The van der Waals surface area contributed by atoms with Crippen LogP contribution in [0.1, 0.15) is 33.3 Å². The Morgan fingerprint density at radius 2 is 2.00 bits per heavy atom. The lowest BCUT2D eigenvalue weighted by Crippen LogP contribution is -2.40. The summed E-state index contributed by atoms with van der Waals surface area (Å²) in [4.78, 5) is 0.340. The molecule has 5 heteroatoms. The third-order valence-electron chi connectivity index (χ3n) is 2.76. The first-order chi connectivity index (χ1) is 8.17. The van der Waals surface area contributed by atoms with Crippen LogP contribution in [0, 0.1) is 0 Å². The smallest absolute Gasteiger partial charge is 0.241 e. The second-order valence-electron chi connectivity index (χ2n) is 5.92. The first-order valence-electron chi connectivity index (χ1n) is 6.11. The van der Waals surface area contributed by atoms with E-state index in [4.69, 9.17) is 0 Å². The van der Waals surface area contributed by atoms with Crippen LogP contribution in [0.4, 0.5) is 5.69 Å². The predicted molar refractivity (Wildman–Crippen MR) is 73.3 cm³/mol. The van der Waals surface area contributed by atoms with Gasteiger partial charge in [-0.25, -0.2) is 13.1 Å². The van der Waals surface area contributed by atoms with E-state index < -0.39 is 15.6 Å². The zero-order chi connectivity index (χ0) is 13.6. The summed E-state index contributed by atoms with van der Waals surface area (Å²) in [6.45, 7) is 7.59. The second kappa shape index (κ2) is 4.24. The van der Waals surface area contributed by atoms with Crippen molar-refractivity contribution in [2.24, 2.45) is 0 Å². The Kier molecular flexibility index (Phi) is 3.15. The highest BCUT2D eigenvalue weighted by molar-refractivity contribution is 7.89. The second-order valence-corrected chi connectivity index (χ2v) is 7.61. The summed E-state index contributed by atoms with van der Waals surface area (Å²) < 4.78 is 27.1. The Bertz CT molecular complexity index is 559. The standard InChI is InChI=1S/C13H20N2O2S/c1-9-7-10-8-11(5-6-12(10)14-9)18(16,17)15-13(2,3)4/h5-6,8-9,14-15H,7H2,1-4H3. The summed E-state index contributed by atoms with van der Waals surface area (Å²) in [5.41, 5.74) is 1.64. The van der Waals surface area contributed by atoms with Gasteiger partial charge in [0.2, 0.25) is 10.0 Å². The van der Waals surface area contributed by atoms with Crippen molar-refractivity contribution in [2.75, 3.05) is 5.32 Å². The van der Waals surface area contributed by atoms with Crippen molar-refractivity contribution in [2.45, 2.75) is 50.6 Å². The molecule has 0 fully saturated rings. The molecule has 0 aliphatic carbocycles. The minimum atomic E-state index is -3.43. The lowest BCUT2D eigenvalue weighted by molar-refractivity contribution is 0.491. The van der Waals surface area contributed by atoms with Crippen molar-refractivity contribution < 1.29 is 8.42 Å². The van der Waals surface area contributed by atoms with Crippen LogP contribution in [0.5, 0.6) is 0 Å². The highest BCUT2D eigenvalue weighted by Crippen LogP contribution is 2.28. The number of hydrogen-bond donors (Lipinski definition) is 2. The van der Waals surface area contributed by atoms with E-state index in [1.165, 1.54) is 0 Å². The van der Waals surface area contributed by atoms with Gasteiger partial charge in [-0.05, 0) is 57.9 Å². The molecule has 1 aliphatic heterocycles. The molecule has 0 bridgehead atoms. The molecule has 100 valence electrons. The molecule has 0 saturated heterocycles. The molecule has 1 atom stereocenters. The quantitative estimate of drug-likeness (QED) is 0.864. The van der Waals surface area contributed by atoms with Crippen LogP contribution in [0.15, 0.2) is 23.1 Å². The molecular weight excluding hydrogens is 248 g/mol. The van der Waals surface area contributed by atoms with Crippen molar-refractivity contribution in [3.05, 3.63) is 23.8 Å². The highest BCUT2D eigenvalue weighted by Gasteiger charge is 2.24. The maximum Gasteiger partial charge on any atom is 0.241 e. The minimum Gasteiger partial charge on any atom is -0.382 e. The lowest BCUT2D eigenvalue weighted by atomic mass is 10.1. The van der Waals surface area contributed by atoms with Crippen LogP contribution in [0.2, 0.25) is 0 Å². The van der Waals surface area contributed by atoms with Crippen LogP contribution in [0.3, 0.4) is 0 Å². The molecule has 0 amide bonds. The number of hydrogen-bond acceptors (Lipinski definition) is 3. The van der Waals surface area contributed by atoms with Gasteiger partial charge in [0.25, 0.3) is 0 Å². The van der Waals surface area contributed by atoms with Crippen molar-refractivity contribution in [1.82, 2.24) is 4.72 Å². The van der Waals surface area contributed by atoms with E-state index in [9.17, 15) is 8.42 Å². The van der Waals surface area contributed by atoms with E-state index in [0.717, 1.165) is 17.7 Å².